The van der Waals surface area contributed by atoms with Gasteiger partial charge in [0, 0.05) is 6.04 Å². The van der Waals surface area contributed by atoms with Crippen LogP contribution in [0.5, 0.6) is 5.75 Å². The standard InChI is InChI=1S/C16H16FNO3/c1-10(18)13-6-7-15(14(17)8-13)21-9-11-2-4-12(5-3-11)16(19)20/h2-8,10H,9,18H2,1H3,(H,19,20)/t10-/m0/s1. The normalized spacial score (nSPS) is 12.0. The molecule has 0 spiro atoms. The Hall–Kier alpha value is -2.40. The number of carboxylic acid groups (broad SMARTS) is 1. The van der Waals surface area contributed by atoms with Crippen molar-refractivity contribution in [1.29, 1.82) is 0 Å². The van der Waals surface area contributed by atoms with Crippen molar-refractivity contribution >= 4 is 5.97 Å². The van der Waals surface area contributed by atoms with E-state index in [4.69, 9.17) is 15.6 Å². The molecule has 0 saturated heterocycles. The fourth-order valence-corrected chi connectivity index (χ4v) is 1.82. The number of hydrogen-bond acceptors (Lipinski definition) is 3. The van der Waals surface area contributed by atoms with Crippen LogP contribution in [0.25, 0.3) is 0 Å². The number of aromatic carboxylic acids is 1. The van der Waals surface area contributed by atoms with Crippen molar-refractivity contribution in [3.05, 3.63) is 65.0 Å². The zero-order chi connectivity index (χ0) is 15.4. The molecular formula is C16H16FNO3. The first-order valence-electron chi connectivity index (χ1n) is 6.47. The molecule has 0 amide bonds. The summed E-state index contributed by atoms with van der Waals surface area (Å²) in [6, 6.07) is 10.6. The number of rotatable bonds is 5. The van der Waals surface area contributed by atoms with Crippen LogP contribution in [0.2, 0.25) is 0 Å². The summed E-state index contributed by atoms with van der Waals surface area (Å²) in [5.74, 6) is -1.31. The maximum Gasteiger partial charge on any atom is 0.335 e. The summed E-state index contributed by atoms with van der Waals surface area (Å²) in [5.41, 5.74) is 7.34. The lowest BCUT2D eigenvalue weighted by Crippen LogP contribution is -2.06. The summed E-state index contributed by atoms with van der Waals surface area (Å²) >= 11 is 0. The van der Waals surface area contributed by atoms with Crippen LogP contribution < -0.4 is 10.5 Å². The van der Waals surface area contributed by atoms with Gasteiger partial charge >= 0.3 is 5.97 Å². The Bertz CT molecular complexity index is 638. The quantitative estimate of drug-likeness (QED) is 0.887. The van der Waals surface area contributed by atoms with Crippen molar-refractivity contribution < 1.29 is 19.0 Å². The Kier molecular flexibility index (Phi) is 4.55. The summed E-state index contributed by atoms with van der Waals surface area (Å²) in [6.45, 7) is 1.94. The highest BCUT2D eigenvalue weighted by Gasteiger charge is 2.08. The first-order valence-corrected chi connectivity index (χ1v) is 6.47. The van der Waals surface area contributed by atoms with E-state index in [1.54, 1.807) is 31.2 Å². The minimum atomic E-state index is -0.986. The van der Waals surface area contributed by atoms with Crippen molar-refractivity contribution in [2.45, 2.75) is 19.6 Å². The van der Waals surface area contributed by atoms with Gasteiger partial charge in [0.15, 0.2) is 11.6 Å². The van der Waals surface area contributed by atoms with Crippen molar-refractivity contribution in [3.8, 4) is 5.75 Å². The molecule has 0 bridgehead atoms. The first-order chi connectivity index (χ1) is 9.97. The molecule has 110 valence electrons. The van der Waals surface area contributed by atoms with Gasteiger partial charge in [-0.05, 0) is 42.3 Å². The fraction of sp³-hybridized carbons (Fsp3) is 0.188. The lowest BCUT2D eigenvalue weighted by Gasteiger charge is -2.10. The molecule has 0 radical (unpaired) electrons. The van der Waals surface area contributed by atoms with E-state index in [1.165, 1.54) is 18.2 Å². The summed E-state index contributed by atoms with van der Waals surface area (Å²) in [7, 11) is 0. The highest BCUT2D eigenvalue weighted by atomic mass is 19.1. The summed E-state index contributed by atoms with van der Waals surface area (Å²) in [4.78, 5) is 10.7. The highest BCUT2D eigenvalue weighted by molar-refractivity contribution is 5.87. The molecule has 3 N–H and O–H groups in total. The molecule has 0 aliphatic rings. The number of carbonyl (C=O) groups is 1. The molecule has 0 aliphatic carbocycles. The van der Waals surface area contributed by atoms with Gasteiger partial charge in [-0.2, -0.15) is 0 Å². The second kappa shape index (κ2) is 6.37. The van der Waals surface area contributed by atoms with E-state index in [0.717, 1.165) is 5.56 Å². The molecule has 2 aromatic carbocycles. The van der Waals surface area contributed by atoms with Crippen LogP contribution in [-0.2, 0) is 6.61 Å². The Labute approximate surface area is 122 Å². The topological polar surface area (TPSA) is 72.5 Å². The highest BCUT2D eigenvalue weighted by Crippen LogP contribution is 2.22. The van der Waals surface area contributed by atoms with Gasteiger partial charge in [-0.3, -0.25) is 0 Å². The average molecular weight is 289 g/mol. The summed E-state index contributed by atoms with van der Waals surface area (Å²) in [6.07, 6.45) is 0. The zero-order valence-corrected chi connectivity index (χ0v) is 11.5. The summed E-state index contributed by atoms with van der Waals surface area (Å²) < 4.78 is 19.2. The van der Waals surface area contributed by atoms with Crippen LogP contribution in [0, 0.1) is 5.82 Å². The number of hydrogen-bond donors (Lipinski definition) is 2. The molecule has 0 saturated carbocycles. The predicted molar refractivity (Wildman–Crippen MR) is 76.7 cm³/mol. The fourth-order valence-electron chi connectivity index (χ4n) is 1.82. The van der Waals surface area contributed by atoms with E-state index in [9.17, 15) is 9.18 Å². The van der Waals surface area contributed by atoms with Crippen molar-refractivity contribution in [2.24, 2.45) is 5.73 Å². The smallest absolute Gasteiger partial charge is 0.335 e. The molecule has 1 atom stereocenters. The number of carboxylic acids is 1. The minimum Gasteiger partial charge on any atom is -0.486 e. The molecule has 21 heavy (non-hydrogen) atoms. The Morgan fingerprint density at radius 3 is 2.48 bits per heavy atom. The van der Waals surface area contributed by atoms with Crippen molar-refractivity contribution in [3.63, 3.8) is 0 Å². The number of halogens is 1. The van der Waals surface area contributed by atoms with Crippen molar-refractivity contribution in [1.82, 2.24) is 0 Å². The van der Waals surface area contributed by atoms with E-state index in [-0.39, 0.29) is 24.0 Å². The second-order valence-corrected chi connectivity index (χ2v) is 4.77. The van der Waals surface area contributed by atoms with E-state index in [1.807, 2.05) is 0 Å². The molecular weight excluding hydrogens is 273 g/mol. The SMILES string of the molecule is C[C@H](N)c1ccc(OCc2ccc(C(=O)O)cc2)c(F)c1. The maximum absolute atomic E-state index is 13.8. The monoisotopic (exact) mass is 289 g/mol. The third kappa shape index (κ3) is 3.79. The van der Waals surface area contributed by atoms with Gasteiger partial charge in [0.05, 0.1) is 5.56 Å². The Morgan fingerprint density at radius 2 is 1.95 bits per heavy atom. The molecule has 0 heterocycles. The van der Waals surface area contributed by atoms with Gasteiger partial charge in [-0.15, -0.1) is 0 Å². The third-order valence-electron chi connectivity index (χ3n) is 3.08. The number of nitrogens with two attached hydrogens (primary N) is 1. The molecule has 0 fully saturated rings. The molecule has 2 rings (SSSR count). The molecule has 5 heteroatoms. The molecule has 0 aliphatic heterocycles. The van der Waals surface area contributed by atoms with Gasteiger partial charge in [0.2, 0.25) is 0 Å². The van der Waals surface area contributed by atoms with Gasteiger partial charge in [-0.1, -0.05) is 18.2 Å². The lowest BCUT2D eigenvalue weighted by atomic mass is 10.1. The third-order valence-corrected chi connectivity index (χ3v) is 3.08. The maximum atomic E-state index is 13.8. The second-order valence-electron chi connectivity index (χ2n) is 4.77. The van der Waals surface area contributed by atoms with Gasteiger partial charge in [0.25, 0.3) is 0 Å². The van der Waals surface area contributed by atoms with Gasteiger partial charge in [-0.25, -0.2) is 9.18 Å². The molecule has 2 aromatic rings. The van der Waals surface area contributed by atoms with Crippen LogP contribution in [0.3, 0.4) is 0 Å². The van der Waals surface area contributed by atoms with Crippen molar-refractivity contribution in [2.75, 3.05) is 0 Å². The lowest BCUT2D eigenvalue weighted by molar-refractivity contribution is 0.0697. The number of benzene rings is 2. The van der Waals surface area contributed by atoms with Gasteiger partial charge in [0.1, 0.15) is 6.61 Å². The van der Waals surface area contributed by atoms with Crippen LogP contribution in [0.15, 0.2) is 42.5 Å². The molecule has 0 unspecified atom stereocenters. The van der Waals surface area contributed by atoms with Gasteiger partial charge < -0.3 is 15.6 Å². The molecule has 4 nitrogen and oxygen atoms in total. The zero-order valence-electron chi connectivity index (χ0n) is 11.5. The summed E-state index contributed by atoms with van der Waals surface area (Å²) in [5, 5.41) is 8.80. The minimum absolute atomic E-state index is 0.140. The first kappa shape index (κ1) is 15.0. The Morgan fingerprint density at radius 1 is 1.29 bits per heavy atom. The van der Waals surface area contributed by atoms with Crippen LogP contribution in [-0.4, -0.2) is 11.1 Å². The van der Waals surface area contributed by atoms with Crippen LogP contribution in [0.4, 0.5) is 4.39 Å². The average Bonchev–Trinajstić information content (AvgIpc) is 2.46. The number of ether oxygens (including phenoxy) is 1. The van der Waals surface area contributed by atoms with E-state index in [0.29, 0.717) is 5.56 Å². The Balaban J connectivity index is 2.04. The van der Waals surface area contributed by atoms with E-state index in [2.05, 4.69) is 0 Å². The van der Waals surface area contributed by atoms with Crippen LogP contribution >= 0.6 is 0 Å². The van der Waals surface area contributed by atoms with E-state index < -0.39 is 11.8 Å². The predicted octanol–water partition coefficient (Wildman–Crippen LogP) is 3.12. The largest absolute Gasteiger partial charge is 0.486 e. The molecule has 0 aromatic heterocycles. The van der Waals surface area contributed by atoms with E-state index >= 15 is 0 Å². The van der Waals surface area contributed by atoms with Crippen LogP contribution in [0.1, 0.15) is 34.5 Å².